The number of likely N-dealkylation sites (tertiary alicyclic amines) is 1. The molecule has 7 heteroatoms. The number of carbonyl (C=O) groups excluding carboxylic acids is 1. The molecule has 0 spiro atoms. The Labute approximate surface area is 163 Å². The highest BCUT2D eigenvalue weighted by Gasteiger charge is 2.29. The van der Waals surface area contributed by atoms with Crippen LogP contribution in [-0.2, 0) is 13.0 Å². The lowest BCUT2D eigenvalue weighted by Gasteiger charge is -2.26. The minimum Gasteiger partial charge on any atom is -0.333 e. The normalized spacial score (nSPS) is 20.5. The topological polar surface area (TPSA) is 52.2 Å². The van der Waals surface area contributed by atoms with Crippen LogP contribution in [0.15, 0.2) is 18.3 Å². The van der Waals surface area contributed by atoms with Crippen molar-refractivity contribution in [3.63, 3.8) is 0 Å². The maximum absolute atomic E-state index is 12.9. The van der Waals surface area contributed by atoms with Crippen LogP contribution >= 0.6 is 23.1 Å². The molecule has 26 heavy (non-hydrogen) atoms. The van der Waals surface area contributed by atoms with Gasteiger partial charge in [0.15, 0.2) is 0 Å². The highest BCUT2D eigenvalue weighted by Crippen LogP contribution is 2.36. The van der Waals surface area contributed by atoms with Gasteiger partial charge < -0.3 is 4.90 Å². The molecule has 140 valence electrons. The van der Waals surface area contributed by atoms with Crippen LogP contribution in [0.25, 0.3) is 0 Å². The van der Waals surface area contributed by atoms with Gasteiger partial charge in [-0.3, -0.25) is 14.8 Å². The number of hydrogen-bond donors (Lipinski definition) is 1. The Hall–Kier alpha value is -1.31. The summed E-state index contributed by atoms with van der Waals surface area (Å²) in [6.07, 6.45) is 8.61. The van der Waals surface area contributed by atoms with E-state index in [1.807, 2.05) is 28.9 Å². The van der Waals surface area contributed by atoms with Gasteiger partial charge in [0.25, 0.3) is 5.91 Å². The second-order valence-electron chi connectivity index (χ2n) is 7.09. The van der Waals surface area contributed by atoms with Crippen molar-refractivity contribution in [3.05, 3.63) is 39.3 Å². The van der Waals surface area contributed by atoms with Crippen molar-refractivity contribution in [3.8, 4) is 0 Å². The third-order valence-corrected chi connectivity index (χ3v) is 7.28. The average molecular weight is 391 g/mol. The predicted octanol–water partition coefficient (Wildman–Crippen LogP) is 3.56. The monoisotopic (exact) mass is 390 g/mol. The third kappa shape index (κ3) is 3.70. The Kier molecular flexibility index (Phi) is 5.66. The maximum atomic E-state index is 12.9. The molecule has 2 aromatic rings. The number of fused-ring (bicyclic) bond motifs is 1. The average Bonchev–Trinajstić information content (AvgIpc) is 3.40. The SMILES string of the molecule is CSCCCN1CCCC1c1ccc(C(=O)N2CCc3[nH]ncc3C2)s1. The molecule has 0 aromatic carbocycles. The summed E-state index contributed by atoms with van der Waals surface area (Å²) < 4.78 is 0. The molecule has 1 N–H and O–H groups in total. The smallest absolute Gasteiger partial charge is 0.264 e. The first-order chi connectivity index (χ1) is 12.8. The second kappa shape index (κ2) is 8.15. The lowest BCUT2D eigenvalue weighted by atomic mass is 10.1. The molecule has 4 heterocycles. The minimum atomic E-state index is 0.167. The largest absolute Gasteiger partial charge is 0.333 e. The lowest BCUT2D eigenvalue weighted by Crippen LogP contribution is -2.35. The van der Waals surface area contributed by atoms with Crippen LogP contribution in [0.3, 0.4) is 0 Å². The van der Waals surface area contributed by atoms with Gasteiger partial charge in [-0.25, -0.2) is 0 Å². The fourth-order valence-corrected chi connectivity index (χ4v) is 5.59. The van der Waals surface area contributed by atoms with E-state index in [-0.39, 0.29) is 5.91 Å². The molecule has 0 aliphatic carbocycles. The summed E-state index contributed by atoms with van der Waals surface area (Å²) in [5, 5.41) is 7.13. The molecule has 1 atom stereocenters. The minimum absolute atomic E-state index is 0.167. The summed E-state index contributed by atoms with van der Waals surface area (Å²) in [6, 6.07) is 4.72. The molecular formula is C19H26N4OS2. The summed E-state index contributed by atoms with van der Waals surface area (Å²) in [6.45, 7) is 3.80. The number of aromatic nitrogens is 2. The first kappa shape index (κ1) is 18.1. The fraction of sp³-hybridized carbons (Fsp3) is 0.579. The van der Waals surface area contributed by atoms with Crippen LogP contribution in [0.5, 0.6) is 0 Å². The Morgan fingerprint density at radius 3 is 3.23 bits per heavy atom. The van der Waals surface area contributed by atoms with Crippen molar-refractivity contribution in [2.75, 3.05) is 31.6 Å². The fourth-order valence-electron chi connectivity index (χ4n) is 4.03. The molecule has 2 aliphatic heterocycles. The third-order valence-electron chi connectivity index (χ3n) is 5.41. The van der Waals surface area contributed by atoms with E-state index >= 15 is 0 Å². The van der Waals surface area contributed by atoms with Crippen LogP contribution in [0.4, 0.5) is 0 Å². The highest BCUT2D eigenvalue weighted by atomic mass is 32.2. The zero-order chi connectivity index (χ0) is 17.9. The summed E-state index contributed by atoms with van der Waals surface area (Å²) in [5.74, 6) is 1.39. The molecule has 0 bridgehead atoms. The van der Waals surface area contributed by atoms with Crippen molar-refractivity contribution in [2.24, 2.45) is 0 Å². The number of carbonyl (C=O) groups is 1. The Morgan fingerprint density at radius 1 is 1.42 bits per heavy atom. The van der Waals surface area contributed by atoms with E-state index in [9.17, 15) is 4.79 Å². The number of nitrogens with one attached hydrogen (secondary N) is 1. The number of hydrogen-bond acceptors (Lipinski definition) is 5. The van der Waals surface area contributed by atoms with Crippen LogP contribution in [0.2, 0.25) is 0 Å². The number of amides is 1. The molecule has 5 nitrogen and oxygen atoms in total. The second-order valence-corrected chi connectivity index (χ2v) is 9.19. The molecule has 1 fully saturated rings. The number of rotatable bonds is 6. The van der Waals surface area contributed by atoms with Crippen LogP contribution in [0, 0.1) is 0 Å². The van der Waals surface area contributed by atoms with Crippen molar-refractivity contribution < 1.29 is 4.79 Å². The number of thiophene rings is 1. The zero-order valence-electron chi connectivity index (χ0n) is 15.2. The van der Waals surface area contributed by atoms with Gasteiger partial charge in [-0.15, -0.1) is 11.3 Å². The van der Waals surface area contributed by atoms with E-state index in [1.165, 1.54) is 48.7 Å². The van der Waals surface area contributed by atoms with Crippen molar-refractivity contribution in [1.82, 2.24) is 20.0 Å². The molecule has 0 saturated carbocycles. The molecule has 1 saturated heterocycles. The van der Waals surface area contributed by atoms with Crippen molar-refractivity contribution in [2.45, 2.75) is 38.3 Å². The van der Waals surface area contributed by atoms with Gasteiger partial charge in [-0.1, -0.05) is 0 Å². The Bertz CT molecular complexity index is 756. The van der Waals surface area contributed by atoms with Gasteiger partial charge in [0.05, 0.1) is 11.1 Å². The van der Waals surface area contributed by atoms with Gasteiger partial charge in [-0.05, 0) is 56.5 Å². The highest BCUT2D eigenvalue weighted by molar-refractivity contribution is 7.98. The first-order valence-electron chi connectivity index (χ1n) is 9.39. The number of nitrogens with zero attached hydrogens (tertiary/aromatic N) is 3. The van der Waals surface area contributed by atoms with Crippen LogP contribution in [0.1, 0.15) is 51.1 Å². The first-order valence-corrected chi connectivity index (χ1v) is 11.6. The van der Waals surface area contributed by atoms with Gasteiger partial charge in [0, 0.05) is 41.7 Å². The molecule has 1 unspecified atom stereocenters. The van der Waals surface area contributed by atoms with Crippen molar-refractivity contribution in [1.29, 1.82) is 0 Å². The van der Waals surface area contributed by atoms with E-state index in [0.717, 1.165) is 23.4 Å². The zero-order valence-corrected chi connectivity index (χ0v) is 16.9. The number of H-pyrrole nitrogens is 1. The van der Waals surface area contributed by atoms with Crippen LogP contribution in [-0.4, -0.2) is 57.5 Å². The molecule has 2 aromatic heterocycles. The van der Waals surface area contributed by atoms with E-state index in [0.29, 0.717) is 12.6 Å². The van der Waals surface area contributed by atoms with E-state index in [4.69, 9.17) is 0 Å². The van der Waals surface area contributed by atoms with Gasteiger partial charge in [0.1, 0.15) is 0 Å². The van der Waals surface area contributed by atoms with Crippen LogP contribution < -0.4 is 0 Å². The molecule has 4 rings (SSSR count). The molecule has 2 aliphatic rings. The van der Waals surface area contributed by atoms with Crippen molar-refractivity contribution >= 4 is 29.0 Å². The van der Waals surface area contributed by atoms with Gasteiger partial charge in [0.2, 0.25) is 0 Å². The molecule has 0 radical (unpaired) electrons. The Balaban J connectivity index is 1.42. The van der Waals surface area contributed by atoms with E-state index in [1.54, 1.807) is 11.3 Å². The van der Waals surface area contributed by atoms with Gasteiger partial charge >= 0.3 is 0 Å². The van der Waals surface area contributed by atoms with Gasteiger partial charge in [-0.2, -0.15) is 16.9 Å². The quantitative estimate of drug-likeness (QED) is 0.766. The van der Waals surface area contributed by atoms with E-state index in [2.05, 4.69) is 27.4 Å². The summed E-state index contributed by atoms with van der Waals surface area (Å²) >= 11 is 3.62. The number of thioether (sulfide) groups is 1. The molecule has 1 amide bonds. The lowest BCUT2D eigenvalue weighted by molar-refractivity contribution is 0.0739. The maximum Gasteiger partial charge on any atom is 0.264 e. The summed E-state index contributed by atoms with van der Waals surface area (Å²) in [5.41, 5.74) is 2.32. The standard InChI is InChI=1S/C19H26N4OS2/c1-25-11-3-9-22-8-2-4-16(22)17-5-6-18(26-17)19(24)23-10-7-15-14(13-23)12-20-21-15/h5-6,12,16H,2-4,7-11,13H2,1H3,(H,20,21). The summed E-state index contributed by atoms with van der Waals surface area (Å²) in [4.78, 5) is 19.7. The summed E-state index contributed by atoms with van der Waals surface area (Å²) in [7, 11) is 0. The molecular weight excluding hydrogens is 364 g/mol. The predicted molar refractivity (Wildman–Crippen MR) is 108 cm³/mol. The Morgan fingerprint density at radius 2 is 2.35 bits per heavy atom. The van der Waals surface area contributed by atoms with E-state index < -0.39 is 0 Å². The number of aromatic amines is 1.